The van der Waals surface area contributed by atoms with Crippen molar-refractivity contribution in [3.63, 3.8) is 0 Å². The van der Waals surface area contributed by atoms with Crippen molar-refractivity contribution in [1.82, 2.24) is 0 Å². The first-order chi connectivity index (χ1) is 6.85. The zero-order chi connectivity index (χ0) is 10.6. The highest BCUT2D eigenvalue weighted by Gasteiger charge is 2.03. The van der Waals surface area contributed by atoms with E-state index in [0.29, 0.717) is 12.8 Å². The molecule has 0 bridgehead atoms. The van der Waals surface area contributed by atoms with Gasteiger partial charge in [0.1, 0.15) is 0 Å². The first kappa shape index (κ1) is 12.1. The summed E-state index contributed by atoms with van der Waals surface area (Å²) in [6.45, 7) is 0.188. The highest BCUT2D eigenvalue weighted by Crippen LogP contribution is 2.07. The van der Waals surface area contributed by atoms with Crippen molar-refractivity contribution < 1.29 is 0 Å². The average molecular weight is 193 g/mol. The fourth-order valence-electron chi connectivity index (χ4n) is 0.973. The van der Waals surface area contributed by atoms with Crippen molar-refractivity contribution in [2.45, 2.75) is 31.7 Å². The monoisotopic (exact) mass is 193 g/mol. The van der Waals surface area contributed by atoms with Crippen molar-refractivity contribution in [3.8, 4) is 6.07 Å². The second-order valence-electron chi connectivity index (χ2n) is 2.68. The quantitative estimate of drug-likeness (QED) is 0.262. The zero-order valence-corrected chi connectivity index (χ0v) is 7.74. The molecule has 7 nitrogen and oxygen atoms in total. The second-order valence-corrected chi connectivity index (χ2v) is 2.68. The zero-order valence-electron chi connectivity index (χ0n) is 7.74. The lowest BCUT2D eigenvalue weighted by Gasteiger charge is -2.05. The normalized spacial score (nSPS) is 10.5. The maximum atomic E-state index is 8.28. The van der Waals surface area contributed by atoms with Gasteiger partial charge in [-0.05, 0) is 23.9 Å². The standard InChI is InChI=1S/C7H11N7/c8-5-3-1-2-4-7(12-14-10)6-11-13-9/h7H,1-4,6H2. The van der Waals surface area contributed by atoms with Gasteiger partial charge in [-0.25, -0.2) is 0 Å². The Morgan fingerprint density at radius 1 is 1.29 bits per heavy atom. The van der Waals surface area contributed by atoms with Gasteiger partial charge in [-0.3, -0.25) is 0 Å². The summed E-state index contributed by atoms with van der Waals surface area (Å²) < 4.78 is 0. The van der Waals surface area contributed by atoms with Crippen LogP contribution in [0.3, 0.4) is 0 Å². The third-order valence-electron chi connectivity index (χ3n) is 1.65. The topological polar surface area (TPSA) is 121 Å². The minimum atomic E-state index is -0.283. The summed E-state index contributed by atoms with van der Waals surface area (Å²) in [6.07, 6.45) is 2.75. The maximum absolute atomic E-state index is 8.28. The van der Waals surface area contributed by atoms with Crippen molar-refractivity contribution >= 4 is 0 Å². The Bertz CT molecular complexity index is 279. The Morgan fingerprint density at radius 2 is 2.07 bits per heavy atom. The molecule has 0 fully saturated rings. The van der Waals surface area contributed by atoms with Gasteiger partial charge in [-0.2, -0.15) is 5.26 Å². The number of rotatable bonds is 7. The van der Waals surface area contributed by atoms with E-state index in [1.165, 1.54) is 0 Å². The molecule has 0 radical (unpaired) electrons. The summed E-state index contributed by atoms with van der Waals surface area (Å²) in [4.78, 5) is 5.26. The second kappa shape index (κ2) is 9.20. The molecule has 0 heterocycles. The van der Waals surface area contributed by atoms with Crippen molar-refractivity contribution in [3.05, 3.63) is 20.9 Å². The van der Waals surface area contributed by atoms with E-state index in [4.69, 9.17) is 16.3 Å². The van der Waals surface area contributed by atoms with Gasteiger partial charge in [0.25, 0.3) is 0 Å². The van der Waals surface area contributed by atoms with Crippen LogP contribution in [0.4, 0.5) is 0 Å². The first-order valence-corrected chi connectivity index (χ1v) is 4.27. The van der Waals surface area contributed by atoms with Gasteiger partial charge >= 0.3 is 0 Å². The van der Waals surface area contributed by atoms with Crippen LogP contribution < -0.4 is 0 Å². The lowest BCUT2D eigenvalue weighted by Crippen LogP contribution is -2.06. The summed E-state index contributed by atoms with van der Waals surface area (Å²) in [6, 6.07) is 1.75. The van der Waals surface area contributed by atoms with Crippen LogP contribution in [0, 0.1) is 11.3 Å². The molecule has 14 heavy (non-hydrogen) atoms. The van der Waals surface area contributed by atoms with Gasteiger partial charge in [0.15, 0.2) is 0 Å². The molecule has 0 aromatic rings. The van der Waals surface area contributed by atoms with Crippen LogP contribution in [0.2, 0.25) is 0 Å². The lowest BCUT2D eigenvalue weighted by atomic mass is 10.1. The molecule has 0 aliphatic rings. The minimum Gasteiger partial charge on any atom is -0.198 e. The molecule has 0 rings (SSSR count). The number of nitriles is 1. The van der Waals surface area contributed by atoms with E-state index >= 15 is 0 Å². The number of hydrogen-bond donors (Lipinski definition) is 0. The van der Waals surface area contributed by atoms with Crippen LogP contribution in [-0.2, 0) is 0 Å². The highest BCUT2D eigenvalue weighted by atomic mass is 15.2. The van der Waals surface area contributed by atoms with E-state index in [9.17, 15) is 0 Å². The largest absolute Gasteiger partial charge is 0.198 e. The van der Waals surface area contributed by atoms with E-state index in [0.717, 1.165) is 12.8 Å². The molecule has 0 saturated heterocycles. The summed E-state index contributed by atoms with van der Waals surface area (Å²) in [5.74, 6) is 0. The summed E-state index contributed by atoms with van der Waals surface area (Å²) in [5, 5.41) is 15.1. The molecule has 0 saturated carbocycles. The molecule has 0 aromatic carbocycles. The number of azide groups is 2. The molecule has 7 heteroatoms. The van der Waals surface area contributed by atoms with E-state index in [-0.39, 0.29) is 12.6 Å². The molecule has 0 aliphatic heterocycles. The number of nitrogens with zero attached hydrogens (tertiary/aromatic N) is 7. The molecule has 0 N–H and O–H groups in total. The molecule has 0 spiro atoms. The molecular formula is C7H11N7. The molecule has 0 aliphatic carbocycles. The smallest absolute Gasteiger partial charge is 0.0621 e. The molecular weight excluding hydrogens is 182 g/mol. The Hall–Kier alpha value is -1.89. The van der Waals surface area contributed by atoms with E-state index < -0.39 is 0 Å². The fourth-order valence-corrected chi connectivity index (χ4v) is 0.973. The Labute approximate surface area is 81.6 Å². The molecule has 0 amide bonds. The van der Waals surface area contributed by atoms with Gasteiger partial charge in [-0.1, -0.05) is 16.6 Å². The lowest BCUT2D eigenvalue weighted by molar-refractivity contribution is 0.571. The van der Waals surface area contributed by atoms with Crippen molar-refractivity contribution in [2.75, 3.05) is 6.54 Å². The molecule has 74 valence electrons. The van der Waals surface area contributed by atoms with Gasteiger partial charge in [-0.15, -0.1) is 0 Å². The maximum Gasteiger partial charge on any atom is 0.0621 e. The predicted molar refractivity (Wildman–Crippen MR) is 51.0 cm³/mol. The van der Waals surface area contributed by atoms with Gasteiger partial charge in [0.05, 0.1) is 6.07 Å². The average Bonchev–Trinajstić information content (AvgIpc) is 2.20. The van der Waals surface area contributed by atoms with E-state index in [1.54, 1.807) is 0 Å². The van der Waals surface area contributed by atoms with Crippen LogP contribution in [0.15, 0.2) is 10.2 Å². The molecule has 0 aromatic heterocycles. The number of unbranched alkanes of at least 4 members (excludes halogenated alkanes) is 2. The van der Waals surface area contributed by atoms with Gasteiger partial charge in [0, 0.05) is 28.8 Å². The van der Waals surface area contributed by atoms with Gasteiger partial charge < -0.3 is 0 Å². The van der Waals surface area contributed by atoms with Crippen LogP contribution in [0.5, 0.6) is 0 Å². The third-order valence-corrected chi connectivity index (χ3v) is 1.65. The predicted octanol–water partition coefficient (Wildman–Crippen LogP) is 3.06. The van der Waals surface area contributed by atoms with E-state index in [2.05, 4.69) is 20.1 Å². The minimum absolute atomic E-state index is 0.188. The highest BCUT2D eigenvalue weighted by molar-refractivity contribution is 4.73. The first-order valence-electron chi connectivity index (χ1n) is 4.27. The van der Waals surface area contributed by atoms with Crippen LogP contribution >= 0.6 is 0 Å². The molecule has 1 atom stereocenters. The van der Waals surface area contributed by atoms with Crippen LogP contribution in [-0.4, -0.2) is 12.6 Å². The Morgan fingerprint density at radius 3 is 2.64 bits per heavy atom. The fraction of sp³-hybridized carbons (Fsp3) is 0.857. The van der Waals surface area contributed by atoms with Crippen LogP contribution in [0.1, 0.15) is 25.7 Å². The SMILES string of the molecule is N#CCCCCC(CN=[N+]=[N-])N=[N+]=[N-]. The number of hydrogen-bond acceptors (Lipinski definition) is 3. The summed E-state index contributed by atoms with van der Waals surface area (Å²) in [7, 11) is 0. The van der Waals surface area contributed by atoms with Crippen molar-refractivity contribution in [1.29, 1.82) is 5.26 Å². The Kier molecular flexibility index (Phi) is 7.96. The van der Waals surface area contributed by atoms with Crippen LogP contribution in [0.25, 0.3) is 20.9 Å². The van der Waals surface area contributed by atoms with Gasteiger partial charge in [0.2, 0.25) is 0 Å². The molecule has 1 unspecified atom stereocenters. The Balaban J connectivity index is 3.79. The van der Waals surface area contributed by atoms with E-state index in [1.807, 2.05) is 6.07 Å². The summed E-state index contributed by atoms with van der Waals surface area (Å²) >= 11 is 0. The summed E-state index contributed by atoms with van der Waals surface area (Å²) in [5.41, 5.74) is 16.3. The van der Waals surface area contributed by atoms with Crippen molar-refractivity contribution in [2.24, 2.45) is 10.2 Å². The third kappa shape index (κ3) is 6.80.